The normalized spacial score (nSPS) is 11.9. The molecule has 0 radical (unpaired) electrons. The smallest absolute Gasteiger partial charge is 0.238 e. The highest BCUT2D eigenvalue weighted by Crippen LogP contribution is 2.47. The Hall–Kier alpha value is -12.1. The van der Waals surface area contributed by atoms with Crippen molar-refractivity contribution in [3.8, 4) is 79.7 Å². The van der Waals surface area contributed by atoms with Gasteiger partial charge in [0, 0.05) is 76.7 Å². The fourth-order valence-corrected chi connectivity index (χ4v) is 13.6. The van der Waals surface area contributed by atoms with Crippen LogP contribution >= 0.6 is 0 Å². The second-order valence-electron chi connectivity index (χ2n) is 22.4. The number of benzene rings is 12. The molecule has 0 saturated heterocycles. The summed E-state index contributed by atoms with van der Waals surface area (Å²) in [5.74, 6) is 2.29. The Kier molecular flexibility index (Phi) is 11.1. The topological polar surface area (TPSA) is 84.2 Å². The summed E-state index contributed by atoms with van der Waals surface area (Å²) < 4.78 is 9.38. The highest BCUT2D eigenvalue weighted by Gasteiger charge is 2.28. The third-order valence-electron chi connectivity index (χ3n) is 17.4. The van der Waals surface area contributed by atoms with E-state index in [4.69, 9.17) is 24.9 Å². The van der Waals surface area contributed by atoms with Gasteiger partial charge in [0.05, 0.1) is 55.5 Å². The summed E-state index contributed by atoms with van der Waals surface area (Å²) in [6.07, 6.45) is 0. The number of hydrogen-bond donors (Lipinski definition) is 0. The Labute approximate surface area is 504 Å². The SMILES string of the molecule is c1ccc(-c2cc(-c3ccc(-c4cc5c6ccccc6n(-c6ccccc6)c5c5c4c4ccccc4n5-c4nc(-c5ccccc5)nc(-c5ccccc5)n4)cc3)nc(-n3c4ccccc4c4ccc5c6ccccc6n(-c6ccccc6)c5c43)n2)cc1. The number of nitrogens with zero attached hydrogens (tertiary/aromatic N) is 9. The van der Waals surface area contributed by atoms with Crippen LogP contribution in [0.2, 0.25) is 0 Å². The van der Waals surface area contributed by atoms with Gasteiger partial charge >= 0.3 is 0 Å². The lowest BCUT2D eigenvalue weighted by Gasteiger charge is -2.15. The van der Waals surface area contributed by atoms with Crippen LogP contribution in [0.1, 0.15) is 0 Å². The minimum atomic E-state index is 0.525. The Morgan fingerprint density at radius 2 is 0.568 bits per heavy atom. The molecular formula is C79H49N9. The monoisotopic (exact) mass is 1120 g/mol. The molecule has 6 aromatic heterocycles. The van der Waals surface area contributed by atoms with Gasteiger partial charge in [-0.05, 0) is 71.8 Å². The van der Waals surface area contributed by atoms with E-state index in [0.717, 1.165) is 138 Å². The summed E-state index contributed by atoms with van der Waals surface area (Å²) >= 11 is 0. The summed E-state index contributed by atoms with van der Waals surface area (Å²) in [5, 5.41) is 9.00. The number of hydrogen-bond acceptors (Lipinski definition) is 5. The van der Waals surface area contributed by atoms with Crippen LogP contribution in [0.4, 0.5) is 0 Å². The highest BCUT2D eigenvalue weighted by atomic mass is 15.2. The summed E-state index contributed by atoms with van der Waals surface area (Å²) in [5.41, 5.74) is 18.1. The van der Waals surface area contributed by atoms with E-state index in [0.29, 0.717) is 23.5 Å². The lowest BCUT2D eigenvalue weighted by Crippen LogP contribution is -2.07. The van der Waals surface area contributed by atoms with Gasteiger partial charge in [-0.2, -0.15) is 9.97 Å². The van der Waals surface area contributed by atoms with Gasteiger partial charge in [-0.1, -0.05) is 237 Å². The van der Waals surface area contributed by atoms with Crippen molar-refractivity contribution >= 4 is 87.2 Å². The molecule has 0 saturated carbocycles. The van der Waals surface area contributed by atoms with Crippen LogP contribution in [-0.4, -0.2) is 43.2 Å². The standard InChI is InChI=1S/C79H49N9/c1-6-24-51(25-7-1)65-49-66(81-78(80-65)87-69-40-22-17-35-58(69)61-47-46-60-57-34-16-20-38-67(57)85(72(60)73(61)87)55-30-12-4-13-31-55)52-44-42-50(43-45-52)63-48-64-59-36-18-21-39-68(59)86(56-32-14-5-15-33-56)74(64)75-71(63)62-37-19-23-41-70(62)88(75)79-83-76(53-26-8-2-9-27-53)82-77(84-79)54-28-10-3-11-29-54/h1-49H. The highest BCUT2D eigenvalue weighted by molar-refractivity contribution is 6.28. The average molecular weight is 1120 g/mol. The van der Waals surface area contributed by atoms with Crippen LogP contribution in [0.5, 0.6) is 0 Å². The first-order valence-corrected chi connectivity index (χ1v) is 29.7. The van der Waals surface area contributed by atoms with E-state index in [9.17, 15) is 0 Å². The maximum Gasteiger partial charge on any atom is 0.238 e. The fraction of sp³-hybridized carbons (Fsp3) is 0. The molecule has 0 aliphatic carbocycles. The Balaban J connectivity index is 0.892. The Bertz CT molecular complexity index is 5710. The number of fused-ring (bicyclic) bond motifs is 14. The van der Waals surface area contributed by atoms with Gasteiger partial charge in [0.2, 0.25) is 11.9 Å². The van der Waals surface area contributed by atoms with Crippen molar-refractivity contribution < 1.29 is 0 Å². The summed E-state index contributed by atoms with van der Waals surface area (Å²) in [6.45, 7) is 0. The number of aromatic nitrogens is 9. The quantitative estimate of drug-likeness (QED) is 0.144. The summed E-state index contributed by atoms with van der Waals surface area (Å²) in [4.78, 5) is 27.2. The molecule has 6 heterocycles. The average Bonchev–Trinajstić information content (AvgIpc) is 3.24. The van der Waals surface area contributed by atoms with Crippen molar-refractivity contribution in [1.29, 1.82) is 0 Å². The van der Waals surface area contributed by atoms with Gasteiger partial charge in [-0.25, -0.2) is 15.0 Å². The first-order valence-electron chi connectivity index (χ1n) is 29.7. The van der Waals surface area contributed by atoms with Crippen molar-refractivity contribution in [3.63, 3.8) is 0 Å². The van der Waals surface area contributed by atoms with E-state index in [1.807, 2.05) is 36.4 Å². The first-order chi connectivity index (χ1) is 43.7. The van der Waals surface area contributed by atoms with Crippen LogP contribution in [0.25, 0.3) is 167 Å². The number of rotatable bonds is 9. The second-order valence-corrected chi connectivity index (χ2v) is 22.4. The lowest BCUT2D eigenvalue weighted by atomic mass is 9.95. The molecule has 0 N–H and O–H groups in total. The molecule has 18 rings (SSSR count). The zero-order valence-corrected chi connectivity index (χ0v) is 47.3. The minimum absolute atomic E-state index is 0.525. The first kappa shape index (κ1) is 49.4. The summed E-state index contributed by atoms with van der Waals surface area (Å²) in [7, 11) is 0. The third-order valence-corrected chi connectivity index (χ3v) is 17.4. The molecule has 0 atom stereocenters. The second kappa shape index (κ2) is 19.8. The molecule has 0 fully saturated rings. The van der Waals surface area contributed by atoms with Gasteiger partial charge in [0.25, 0.3) is 0 Å². The van der Waals surface area contributed by atoms with E-state index in [-0.39, 0.29) is 0 Å². The summed E-state index contributed by atoms with van der Waals surface area (Å²) in [6, 6.07) is 105. The largest absolute Gasteiger partial charge is 0.307 e. The van der Waals surface area contributed by atoms with Gasteiger partial charge in [0.1, 0.15) is 0 Å². The van der Waals surface area contributed by atoms with Crippen LogP contribution in [-0.2, 0) is 0 Å². The zero-order chi connectivity index (χ0) is 57.8. The van der Waals surface area contributed by atoms with E-state index in [1.165, 1.54) is 5.39 Å². The predicted octanol–water partition coefficient (Wildman–Crippen LogP) is 19.4. The van der Waals surface area contributed by atoms with Gasteiger partial charge in [0.15, 0.2) is 11.6 Å². The van der Waals surface area contributed by atoms with Crippen molar-refractivity contribution in [2.75, 3.05) is 0 Å². The molecule has 9 heteroatoms. The van der Waals surface area contributed by atoms with E-state index in [1.54, 1.807) is 0 Å². The zero-order valence-electron chi connectivity index (χ0n) is 47.3. The molecular weight excluding hydrogens is 1070 g/mol. The van der Waals surface area contributed by atoms with Crippen molar-refractivity contribution in [2.24, 2.45) is 0 Å². The van der Waals surface area contributed by atoms with Gasteiger partial charge < -0.3 is 9.13 Å². The molecule has 0 aliphatic heterocycles. The van der Waals surface area contributed by atoms with Crippen molar-refractivity contribution in [1.82, 2.24) is 43.2 Å². The maximum absolute atomic E-state index is 5.65. The molecule has 0 aliphatic rings. The van der Waals surface area contributed by atoms with Crippen LogP contribution in [0.15, 0.2) is 297 Å². The van der Waals surface area contributed by atoms with Crippen molar-refractivity contribution in [2.45, 2.75) is 0 Å². The van der Waals surface area contributed by atoms with Gasteiger partial charge in [-0.15, -0.1) is 0 Å². The Morgan fingerprint density at radius 1 is 0.216 bits per heavy atom. The van der Waals surface area contributed by atoms with Gasteiger partial charge in [-0.3, -0.25) is 9.13 Å². The molecule has 0 amide bonds. The van der Waals surface area contributed by atoms with Crippen molar-refractivity contribution in [3.05, 3.63) is 297 Å². The molecule has 0 unspecified atom stereocenters. The predicted molar refractivity (Wildman–Crippen MR) is 360 cm³/mol. The fourth-order valence-electron chi connectivity index (χ4n) is 13.6. The molecule has 0 spiro atoms. The lowest BCUT2D eigenvalue weighted by molar-refractivity contribution is 0.953. The molecule has 0 bridgehead atoms. The maximum atomic E-state index is 5.65. The third kappa shape index (κ3) is 7.64. The molecule has 18 aromatic rings. The van der Waals surface area contributed by atoms with E-state index >= 15 is 0 Å². The molecule has 410 valence electrons. The Morgan fingerprint density at radius 3 is 1.08 bits per heavy atom. The van der Waals surface area contributed by atoms with Crippen LogP contribution in [0.3, 0.4) is 0 Å². The minimum Gasteiger partial charge on any atom is -0.307 e. The van der Waals surface area contributed by atoms with Crippen LogP contribution < -0.4 is 0 Å². The van der Waals surface area contributed by atoms with E-state index < -0.39 is 0 Å². The molecule has 9 nitrogen and oxygen atoms in total. The molecule has 12 aromatic carbocycles. The van der Waals surface area contributed by atoms with Crippen LogP contribution in [0, 0.1) is 0 Å². The molecule has 88 heavy (non-hydrogen) atoms. The number of para-hydroxylation sites is 6. The van der Waals surface area contributed by atoms with E-state index in [2.05, 4.69) is 279 Å².